The van der Waals surface area contributed by atoms with Gasteiger partial charge in [0.1, 0.15) is 10.6 Å². The number of carbonyl (C=O) groups is 1. The van der Waals surface area contributed by atoms with Crippen molar-refractivity contribution in [2.45, 2.75) is 38.6 Å². The van der Waals surface area contributed by atoms with E-state index in [1.807, 2.05) is 20.8 Å². The zero-order valence-corrected chi connectivity index (χ0v) is 18.4. The molecule has 0 spiro atoms. The van der Waals surface area contributed by atoms with Crippen LogP contribution in [0.25, 0.3) is 0 Å². The predicted octanol–water partition coefficient (Wildman–Crippen LogP) is 1.84. The van der Waals surface area contributed by atoms with Gasteiger partial charge >= 0.3 is 0 Å². The molecule has 1 atom stereocenters. The van der Waals surface area contributed by atoms with Crippen molar-refractivity contribution in [3.05, 3.63) is 18.2 Å². The minimum atomic E-state index is -3.78. The van der Waals surface area contributed by atoms with Crippen LogP contribution < -0.4 is 15.8 Å². The van der Waals surface area contributed by atoms with E-state index >= 15 is 0 Å². The summed E-state index contributed by atoms with van der Waals surface area (Å²) in [7, 11) is -3.78. The Kier molecular flexibility index (Phi) is 8.70. The average molecular weight is 436 g/mol. The molecule has 1 amide bonds. The van der Waals surface area contributed by atoms with Crippen LogP contribution in [0.4, 0.5) is 5.69 Å². The molecule has 8 nitrogen and oxygen atoms in total. The van der Waals surface area contributed by atoms with Gasteiger partial charge in [0.25, 0.3) is 0 Å². The van der Waals surface area contributed by atoms with Gasteiger partial charge in [-0.15, -0.1) is 12.4 Å². The Hall–Kier alpha value is -1.39. The molecule has 0 bridgehead atoms. The summed E-state index contributed by atoms with van der Waals surface area (Å²) in [6.45, 7) is 8.95. The van der Waals surface area contributed by atoms with Gasteiger partial charge in [-0.3, -0.25) is 4.79 Å². The van der Waals surface area contributed by atoms with Crippen molar-refractivity contribution in [3.63, 3.8) is 0 Å². The Labute approximate surface area is 173 Å². The highest BCUT2D eigenvalue weighted by molar-refractivity contribution is 7.89. The molecule has 1 aliphatic rings. The quantitative estimate of drug-likeness (QED) is 0.705. The normalized spacial score (nSPS) is 16.8. The fourth-order valence-electron chi connectivity index (χ4n) is 2.60. The van der Waals surface area contributed by atoms with Gasteiger partial charge < -0.3 is 20.5 Å². The largest absolute Gasteiger partial charge is 0.492 e. The molecule has 1 saturated heterocycles. The molecule has 0 radical (unpaired) electrons. The first kappa shape index (κ1) is 24.6. The number of carbonyl (C=O) groups excluding carboxylic acids is 1. The molecule has 1 aromatic rings. The Balaban J connectivity index is 0.00000392. The lowest BCUT2D eigenvalue weighted by molar-refractivity contribution is -0.119. The SMILES string of the molecule is CCOc1ccc(NC(=O)[C@@H](N)C(C)(C)C)cc1S(=O)(=O)N1CCOCC1.Cl. The molecule has 0 unspecified atom stereocenters. The highest BCUT2D eigenvalue weighted by Gasteiger charge is 2.31. The number of hydrogen-bond acceptors (Lipinski definition) is 6. The van der Waals surface area contributed by atoms with Crippen molar-refractivity contribution in [2.75, 3.05) is 38.2 Å². The van der Waals surface area contributed by atoms with Crippen molar-refractivity contribution >= 4 is 34.0 Å². The van der Waals surface area contributed by atoms with Crippen molar-refractivity contribution in [2.24, 2.45) is 11.1 Å². The van der Waals surface area contributed by atoms with Gasteiger partial charge in [-0.05, 0) is 30.5 Å². The van der Waals surface area contributed by atoms with Gasteiger partial charge in [0.15, 0.2) is 0 Å². The molecule has 0 saturated carbocycles. The van der Waals surface area contributed by atoms with E-state index < -0.39 is 21.5 Å². The molecule has 0 aliphatic carbocycles. The Morgan fingerprint density at radius 2 is 1.93 bits per heavy atom. The van der Waals surface area contributed by atoms with Gasteiger partial charge in [-0.2, -0.15) is 4.31 Å². The smallest absolute Gasteiger partial charge is 0.246 e. The molecule has 1 heterocycles. The zero-order chi connectivity index (χ0) is 20.2. The van der Waals surface area contributed by atoms with Crippen LogP contribution in [0.3, 0.4) is 0 Å². The summed E-state index contributed by atoms with van der Waals surface area (Å²) in [5.41, 5.74) is 5.92. The minimum absolute atomic E-state index is 0. The lowest BCUT2D eigenvalue weighted by atomic mass is 9.87. The maximum Gasteiger partial charge on any atom is 0.246 e. The van der Waals surface area contributed by atoms with Crippen molar-refractivity contribution in [1.29, 1.82) is 0 Å². The maximum absolute atomic E-state index is 13.1. The summed E-state index contributed by atoms with van der Waals surface area (Å²) in [6, 6.07) is 3.85. The molecule has 2 rings (SSSR count). The molecular weight excluding hydrogens is 406 g/mol. The third-order valence-corrected chi connectivity index (χ3v) is 6.23. The highest BCUT2D eigenvalue weighted by atomic mass is 35.5. The summed E-state index contributed by atoms with van der Waals surface area (Å²) >= 11 is 0. The number of amides is 1. The molecule has 28 heavy (non-hydrogen) atoms. The maximum atomic E-state index is 13.1. The summed E-state index contributed by atoms with van der Waals surface area (Å²) in [4.78, 5) is 12.4. The minimum Gasteiger partial charge on any atom is -0.492 e. The van der Waals surface area contributed by atoms with E-state index in [1.165, 1.54) is 10.4 Å². The van der Waals surface area contributed by atoms with Crippen LogP contribution >= 0.6 is 12.4 Å². The third-order valence-electron chi connectivity index (χ3n) is 4.31. The summed E-state index contributed by atoms with van der Waals surface area (Å²) in [6.07, 6.45) is 0. The van der Waals surface area contributed by atoms with Gasteiger partial charge in [0.2, 0.25) is 15.9 Å². The second kappa shape index (κ2) is 9.89. The Morgan fingerprint density at radius 1 is 1.32 bits per heavy atom. The molecule has 1 aromatic carbocycles. The summed E-state index contributed by atoms with van der Waals surface area (Å²) in [5, 5.41) is 2.71. The van der Waals surface area contributed by atoms with Crippen LogP contribution in [0.15, 0.2) is 23.1 Å². The van der Waals surface area contributed by atoms with Crippen LogP contribution in [0, 0.1) is 5.41 Å². The molecule has 0 aromatic heterocycles. The van der Waals surface area contributed by atoms with Crippen LogP contribution in [0.2, 0.25) is 0 Å². The standard InChI is InChI=1S/C18H29N3O5S.ClH/c1-5-26-14-7-6-13(20-17(22)16(19)18(2,3)4)12-15(14)27(23,24)21-8-10-25-11-9-21;/h6-7,12,16H,5,8-11,19H2,1-4H3,(H,20,22);1H/t16-;/m1./s1. The monoisotopic (exact) mass is 435 g/mol. The number of anilines is 1. The lowest BCUT2D eigenvalue weighted by Gasteiger charge is -2.27. The van der Waals surface area contributed by atoms with Crippen LogP contribution in [0.5, 0.6) is 5.75 Å². The fraction of sp³-hybridized carbons (Fsp3) is 0.611. The Bertz CT molecular complexity index is 774. The van der Waals surface area contributed by atoms with E-state index in [4.69, 9.17) is 15.2 Å². The van der Waals surface area contributed by atoms with E-state index in [0.29, 0.717) is 25.5 Å². The van der Waals surface area contributed by atoms with Crippen LogP contribution in [0.1, 0.15) is 27.7 Å². The lowest BCUT2D eigenvalue weighted by Crippen LogP contribution is -2.45. The van der Waals surface area contributed by atoms with Gasteiger partial charge in [-0.1, -0.05) is 20.8 Å². The van der Waals surface area contributed by atoms with E-state index in [1.54, 1.807) is 19.1 Å². The number of nitrogens with one attached hydrogen (secondary N) is 1. The van der Waals surface area contributed by atoms with Crippen LogP contribution in [-0.2, 0) is 19.6 Å². The van der Waals surface area contributed by atoms with Crippen molar-refractivity contribution < 1.29 is 22.7 Å². The topological polar surface area (TPSA) is 111 Å². The fourth-order valence-corrected chi connectivity index (χ4v) is 4.17. The summed E-state index contributed by atoms with van der Waals surface area (Å²) < 4.78 is 38.2. The molecule has 10 heteroatoms. The number of halogens is 1. The average Bonchev–Trinajstić information content (AvgIpc) is 2.62. The predicted molar refractivity (Wildman–Crippen MR) is 110 cm³/mol. The summed E-state index contributed by atoms with van der Waals surface area (Å²) in [5.74, 6) is -0.122. The third kappa shape index (κ3) is 5.81. The molecule has 160 valence electrons. The number of ether oxygens (including phenoxy) is 2. The van der Waals surface area contributed by atoms with E-state index in [2.05, 4.69) is 5.32 Å². The number of nitrogens with two attached hydrogens (primary N) is 1. The first-order valence-electron chi connectivity index (χ1n) is 8.98. The number of sulfonamides is 1. The highest BCUT2D eigenvalue weighted by Crippen LogP contribution is 2.31. The zero-order valence-electron chi connectivity index (χ0n) is 16.7. The van der Waals surface area contributed by atoms with Gasteiger partial charge in [-0.25, -0.2) is 8.42 Å². The first-order valence-corrected chi connectivity index (χ1v) is 10.4. The second-order valence-corrected chi connectivity index (χ2v) is 9.35. The number of nitrogens with zero attached hydrogens (tertiary/aromatic N) is 1. The second-order valence-electron chi connectivity index (χ2n) is 7.44. The van der Waals surface area contributed by atoms with Gasteiger partial charge in [0, 0.05) is 18.8 Å². The van der Waals surface area contributed by atoms with Crippen molar-refractivity contribution in [1.82, 2.24) is 4.31 Å². The number of rotatable bonds is 6. The molecule has 1 fully saturated rings. The van der Waals surface area contributed by atoms with Crippen LogP contribution in [-0.4, -0.2) is 57.6 Å². The van der Waals surface area contributed by atoms with E-state index in [9.17, 15) is 13.2 Å². The first-order chi connectivity index (χ1) is 12.6. The van der Waals surface area contributed by atoms with Gasteiger partial charge in [0.05, 0.1) is 25.9 Å². The molecular formula is C18H30ClN3O5S. The molecule has 3 N–H and O–H groups in total. The molecule has 1 aliphatic heterocycles. The number of hydrogen-bond donors (Lipinski definition) is 2. The number of morpholine rings is 1. The van der Waals surface area contributed by atoms with E-state index in [0.717, 1.165) is 0 Å². The number of benzene rings is 1. The van der Waals surface area contributed by atoms with E-state index in [-0.39, 0.29) is 42.0 Å². The van der Waals surface area contributed by atoms with Crippen molar-refractivity contribution in [3.8, 4) is 5.75 Å². The Morgan fingerprint density at radius 3 is 2.46 bits per heavy atom.